The second-order valence-electron chi connectivity index (χ2n) is 4.63. The number of hydrazine groups is 1. The Labute approximate surface area is 117 Å². The number of thiophene rings is 1. The number of hydrogen-bond acceptors (Lipinski definition) is 6. The first-order chi connectivity index (χ1) is 9.08. The van der Waals surface area contributed by atoms with Crippen LogP contribution in [0.5, 0.6) is 0 Å². The van der Waals surface area contributed by atoms with E-state index in [2.05, 4.69) is 46.7 Å². The molecule has 0 fully saturated rings. The molecular formula is C13H19N5S. The lowest BCUT2D eigenvalue weighted by molar-refractivity contribution is 0.791. The predicted molar refractivity (Wildman–Crippen MR) is 80.4 cm³/mol. The summed E-state index contributed by atoms with van der Waals surface area (Å²) in [5.74, 6) is 6.57. The van der Waals surface area contributed by atoms with Crippen LogP contribution in [-0.4, -0.2) is 16.0 Å². The molecule has 0 aliphatic carbocycles. The van der Waals surface area contributed by atoms with Gasteiger partial charge in [-0.05, 0) is 32.9 Å². The summed E-state index contributed by atoms with van der Waals surface area (Å²) in [5, 5.41) is 3.40. The molecule has 0 saturated carbocycles. The standard InChI is InChI=1S/C13H19N5S/c1-8-7-15-13(18-14)17-12(8)16-9(2)6-11-5-4-10(3)19-11/h4-5,7,9H,6,14H2,1-3H3,(H2,15,16,17,18). The number of rotatable bonds is 5. The molecule has 0 amide bonds. The zero-order chi connectivity index (χ0) is 13.8. The molecule has 0 aliphatic rings. The van der Waals surface area contributed by atoms with Gasteiger partial charge in [0.15, 0.2) is 0 Å². The SMILES string of the molecule is Cc1ccc(CC(C)Nc2nc(NN)ncc2C)s1. The molecule has 0 aliphatic heterocycles. The highest BCUT2D eigenvalue weighted by Crippen LogP contribution is 2.19. The number of nitrogens with zero attached hydrogens (tertiary/aromatic N) is 2. The zero-order valence-electron chi connectivity index (χ0n) is 11.4. The molecule has 0 radical (unpaired) electrons. The van der Waals surface area contributed by atoms with Gasteiger partial charge in [-0.2, -0.15) is 4.98 Å². The van der Waals surface area contributed by atoms with Gasteiger partial charge in [-0.15, -0.1) is 11.3 Å². The Kier molecular flexibility index (Phi) is 4.34. The summed E-state index contributed by atoms with van der Waals surface area (Å²) in [7, 11) is 0. The molecule has 4 N–H and O–H groups in total. The van der Waals surface area contributed by atoms with E-state index in [0.29, 0.717) is 12.0 Å². The molecule has 1 atom stereocenters. The summed E-state index contributed by atoms with van der Waals surface area (Å²) in [6.07, 6.45) is 2.74. The number of nitrogens with two attached hydrogens (primary N) is 1. The summed E-state index contributed by atoms with van der Waals surface area (Å²) < 4.78 is 0. The molecule has 102 valence electrons. The van der Waals surface area contributed by atoms with Crippen LogP contribution < -0.4 is 16.6 Å². The lowest BCUT2D eigenvalue weighted by Crippen LogP contribution is -2.20. The highest BCUT2D eigenvalue weighted by molar-refractivity contribution is 7.11. The Bertz CT molecular complexity index is 552. The van der Waals surface area contributed by atoms with Crippen molar-refractivity contribution in [3.8, 4) is 0 Å². The van der Waals surface area contributed by atoms with Crippen LogP contribution in [0.15, 0.2) is 18.3 Å². The summed E-state index contributed by atoms with van der Waals surface area (Å²) in [5.41, 5.74) is 3.47. The van der Waals surface area contributed by atoms with E-state index < -0.39 is 0 Å². The number of nitrogen functional groups attached to an aromatic ring is 1. The molecular weight excluding hydrogens is 258 g/mol. The lowest BCUT2D eigenvalue weighted by atomic mass is 10.2. The molecule has 1 unspecified atom stereocenters. The maximum absolute atomic E-state index is 5.32. The van der Waals surface area contributed by atoms with Crippen molar-refractivity contribution >= 4 is 23.1 Å². The highest BCUT2D eigenvalue weighted by atomic mass is 32.1. The Morgan fingerprint density at radius 3 is 2.79 bits per heavy atom. The second-order valence-corrected chi connectivity index (χ2v) is 6.00. The van der Waals surface area contributed by atoms with Gasteiger partial charge in [0.25, 0.3) is 0 Å². The molecule has 0 aromatic carbocycles. The molecule has 2 aromatic heterocycles. The monoisotopic (exact) mass is 277 g/mol. The van der Waals surface area contributed by atoms with Crippen LogP contribution in [0.2, 0.25) is 0 Å². The zero-order valence-corrected chi connectivity index (χ0v) is 12.2. The fourth-order valence-corrected chi connectivity index (χ4v) is 2.86. The fraction of sp³-hybridized carbons (Fsp3) is 0.385. The van der Waals surface area contributed by atoms with Crippen molar-refractivity contribution in [2.45, 2.75) is 33.2 Å². The normalized spacial score (nSPS) is 12.2. The van der Waals surface area contributed by atoms with E-state index in [4.69, 9.17) is 5.84 Å². The first-order valence-corrected chi connectivity index (χ1v) is 7.02. The molecule has 19 heavy (non-hydrogen) atoms. The quantitative estimate of drug-likeness (QED) is 0.578. The van der Waals surface area contributed by atoms with E-state index in [1.807, 2.05) is 18.3 Å². The van der Waals surface area contributed by atoms with Gasteiger partial charge in [0, 0.05) is 34.0 Å². The summed E-state index contributed by atoms with van der Waals surface area (Å²) >= 11 is 1.83. The Balaban J connectivity index is 2.03. The number of hydrogen-bond donors (Lipinski definition) is 3. The minimum absolute atomic E-state index is 0.303. The molecule has 2 heterocycles. The largest absolute Gasteiger partial charge is 0.367 e. The van der Waals surface area contributed by atoms with E-state index in [0.717, 1.165) is 17.8 Å². The number of anilines is 2. The van der Waals surface area contributed by atoms with Crippen molar-refractivity contribution in [3.63, 3.8) is 0 Å². The molecule has 2 rings (SSSR count). The van der Waals surface area contributed by atoms with Gasteiger partial charge in [0.2, 0.25) is 5.95 Å². The van der Waals surface area contributed by atoms with Gasteiger partial charge in [-0.3, -0.25) is 5.43 Å². The van der Waals surface area contributed by atoms with Gasteiger partial charge < -0.3 is 5.32 Å². The van der Waals surface area contributed by atoms with E-state index in [1.165, 1.54) is 9.75 Å². The maximum atomic E-state index is 5.32. The Hall–Kier alpha value is -1.66. The van der Waals surface area contributed by atoms with Crippen LogP contribution in [0.3, 0.4) is 0 Å². The van der Waals surface area contributed by atoms with Gasteiger partial charge in [-0.25, -0.2) is 10.8 Å². The summed E-state index contributed by atoms with van der Waals surface area (Å²) in [6, 6.07) is 4.63. The number of aromatic nitrogens is 2. The smallest absolute Gasteiger partial charge is 0.239 e. The Morgan fingerprint density at radius 1 is 1.37 bits per heavy atom. The minimum Gasteiger partial charge on any atom is -0.367 e. The van der Waals surface area contributed by atoms with Crippen molar-refractivity contribution in [2.75, 3.05) is 10.7 Å². The van der Waals surface area contributed by atoms with Crippen LogP contribution in [0.25, 0.3) is 0 Å². The van der Waals surface area contributed by atoms with Crippen LogP contribution in [0.4, 0.5) is 11.8 Å². The first kappa shape index (κ1) is 13.8. The van der Waals surface area contributed by atoms with Crippen molar-refractivity contribution in [1.82, 2.24) is 9.97 Å². The molecule has 2 aromatic rings. The van der Waals surface area contributed by atoms with Crippen molar-refractivity contribution in [3.05, 3.63) is 33.6 Å². The number of aryl methyl sites for hydroxylation is 2. The van der Waals surface area contributed by atoms with Gasteiger partial charge in [-0.1, -0.05) is 0 Å². The molecule has 0 bridgehead atoms. The van der Waals surface area contributed by atoms with Gasteiger partial charge >= 0.3 is 0 Å². The van der Waals surface area contributed by atoms with Gasteiger partial charge in [0.1, 0.15) is 5.82 Å². The van der Waals surface area contributed by atoms with Crippen LogP contribution in [-0.2, 0) is 6.42 Å². The van der Waals surface area contributed by atoms with Gasteiger partial charge in [0.05, 0.1) is 0 Å². The van der Waals surface area contributed by atoms with Crippen LogP contribution in [0.1, 0.15) is 22.2 Å². The summed E-state index contributed by atoms with van der Waals surface area (Å²) in [4.78, 5) is 11.1. The third-order valence-corrected chi connectivity index (χ3v) is 3.81. The minimum atomic E-state index is 0.303. The lowest BCUT2D eigenvalue weighted by Gasteiger charge is -2.15. The van der Waals surface area contributed by atoms with Crippen molar-refractivity contribution < 1.29 is 0 Å². The fourth-order valence-electron chi connectivity index (χ4n) is 1.84. The maximum Gasteiger partial charge on any atom is 0.239 e. The van der Waals surface area contributed by atoms with E-state index in [1.54, 1.807) is 6.20 Å². The second kappa shape index (κ2) is 5.99. The molecule has 0 spiro atoms. The average molecular weight is 277 g/mol. The summed E-state index contributed by atoms with van der Waals surface area (Å²) in [6.45, 7) is 6.25. The highest BCUT2D eigenvalue weighted by Gasteiger charge is 2.09. The molecule has 0 saturated heterocycles. The number of nitrogens with one attached hydrogen (secondary N) is 2. The van der Waals surface area contributed by atoms with E-state index in [-0.39, 0.29) is 0 Å². The molecule has 5 nitrogen and oxygen atoms in total. The Morgan fingerprint density at radius 2 is 2.16 bits per heavy atom. The third kappa shape index (κ3) is 3.65. The van der Waals surface area contributed by atoms with E-state index >= 15 is 0 Å². The topological polar surface area (TPSA) is 75.9 Å². The van der Waals surface area contributed by atoms with Crippen LogP contribution >= 0.6 is 11.3 Å². The van der Waals surface area contributed by atoms with Crippen LogP contribution in [0, 0.1) is 13.8 Å². The molecule has 6 heteroatoms. The third-order valence-electron chi connectivity index (χ3n) is 2.79. The van der Waals surface area contributed by atoms with E-state index in [9.17, 15) is 0 Å². The average Bonchev–Trinajstić information content (AvgIpc) is 2.77. The van der Waals surface area contributed by atoms with Crippen molar-refractivity contribution in [2.24, 2.45) is 5.84 Å². The first-order valence-electron chi connectivity index (χ1n) is 6.20. The predicted octanol–water partition coefficient (Wildman–Crippen LogP) is 2.48. The van der Waals surface area contributed by atoms with Crippen molar-refractivity contribution in [1.29, 1.82) is 0 Å².